The Hall–Kier alpha value is -1.97. The van der Waals surface area contributed by atoms with Crippen molar-refractivity contribution in [1.29, 1.82) is 0 Å². The van der Waals surface area contributed by atoms with E-state index < -0.39 is 21.9 Å². The van der Waals surface area contributed by atoms with Gasteiger partial charge in [0.05, 0.1) is 17.4 Å². The number of sulfonamides is 1. The Balaban J connectivity index is 2.06. The molecule has 0 aromatic heterocycles. The Bertz CT molecular complexity index is 717. The van der Waals surface area contributed by atoms with Gasteiger partial charge in [0.2, 0.25) is 10.0 Å². The van der Waals surface area contributed by atoms with Gasteiger partial charge < -0.3 is 14.7 Å². The van der Waals surface area contributed by atoms with Gasteiger partial charge in [-0.05, 0) is 37.1 Å². The second-order valence-corrected chi connectivity index (χ2v) is 7.61. The number of piperidine rings is 1. The van der Waals surface area contributed by atoms with Gasteiger partial charge in [0.1, 0.15) is 0 Å². The Morgan fingerprint density at radius 2 is 2.00 bits per heavy atom. The van der Waals surface area contributed by atoms with E-state index in [0.29, 0.717) is 24.9 Å². The Morgan fingerprint density at radius 3 is 2.60 bits per heavy atom. The number of amides is 1. The normalized spacial score (nSPS) is 18.1. The average Bonchev–Trinajstić information content (AvgIpc) is 2.61. The summed E-state index contributed by atoms with van der Waals surface area (Å²) in [5.74, 6) is -1.74. The topological polar surface area (TPSA) is 113 Å². The number of nitrogens with zero attached hydrogens (tertiary/aromatic N) is 1. The van der Waals surface area contributed by atoms with Crippen LogP contribution in [0.1, 0.15) is 23.2 Å². The van der Waals surface area contributed by atoms with Gasteiger partial charge >= 0.3 is 5.97 Å². The van der Waals surface area contributed by atoms with E-state index in [1.54, 1.807) is 0 Å². The third-order valence-electron chi connectivity index (χ3n) is 4.07. The number of ether oxygens (including phenoxy) is 1. The highest BCUT2D eigenvalue weighted by molar-refractivity contribution is 7.89. The van der Waals surface area contributed by atoms with Crippen molar-refractivity contribution >= 4 is 21.9 Å². The molecule has 1 aromatic carbocycles. The molecule has 0 aliphatic carbocycles. The van der Waals surface area contributed by atoms with Gasteiger partial charge in [-0.1, -0.05) is 0 Å². The van der Waals surface area contributed by atoms with Crippen LogP contribution >= 0.6 is 0 Å². The molecule has 9 heteroatoms. The van der Waals surface area contributed by atoms with Crippen LogP contribution in [0.4, 0.5) is 0 Å². The van der Waals surface area contributed by atoms with Gasteiger partial charge in [0.15, 0.2) is 0 Å². The summed E-state index contributed by atoms with van der Waals surface area (Å²) in [5, 5.41) is 9.10. The van der Waals surface area contributed by atoms with Crippen LogP contribution in [0.3, 0.4) is 0 Å². The van der Waals surface area contributed by atoms with Crippen LogP contribution in [0, 0.1) is 5.92 Å². The van der Waals surface area contributed by atoms with Crippen molar-refractivity contribution in [3.8, 4) is 0 Å². The molecular weight excluding hydrogens is 348 g/mol. The van der Waals surface area contributed by atoms with Crippen LogP contribution in [0.5, 0.6) is 0 Å². The SMILES string of the molecule is COCCNS(=O)(=O)c1ccc(C(=O)N2CCCC(C(=O)O)C2)cc1. The number of carbonyl (C=O) groups is 2. The molecule has 8 nitrogen and oxygen atoms in total. The average molecular weight is 370 g/mol. The molecule has 1 aliphatic heterocycles. The van der Waals surface area contributed by atoms with E-state index in [1.165, 1.54) is 36.3 Å². The lowest BCUT2D eigenvalue weighted by Gasteiger charge is -2.30. The molecule has 1 atom stereocenters. The van der Waals surface area contributed by atoms with Crippen LogP contribution < -0.4 is 4.72 Å². The zero-order chi connectivity index (χ0) is 18.4. The van der Waals surface area contributed by atoms with Crippen molar-refractivity contribution in [3.63, 3.8) is 0 Å². The summed E-state index contributed by atoms with van der Waals surface area (Å²) >= 11 is 0. The van der Waals surface area contributed by atoms with E-state index in [0.717, 1.165) is 0 Å². The highest BCUT2D eigenvalue weighted by Crippen LogP contribution is 2.19. The number of methoxy groups -OCH3 is 1. The number of benzene rings is 1. The van der Waals surface area contributed by atoms with Gasteiger partial charge in [-0.3, -0.25) is 9.59 Å². The lowest BCUT2D eigenvalue weighted by molar-refractivity contribution is -0.143. The monoisotopic (exact) mass is 370 g/mol. The molecule has 1 unspecified atom stereocenters. The lowest BCUT2D eigenvalue weighted by Crippen LogP contribution is -2.42. The lowest BCUT2D eigenvalue weighted by atomic mass is 9.97. The fourth-order valence-corrected chi connectivity index (χ4v) is 3.70. The number of rotatable bonds is 7. The van der Waals surface area contributed by atoms with Gasteiger partial charge in [0, 0.05) is 32.3 Å². The van der Waals surface area contributed by atoms with Gasteiger partial charge in [-0.2, -0.15) is 0 Å². The van der Waals surface area contributed by atoms with Crippen molar-refractivity contribution in [1.82, 2.24) is 9.62 Å². The van der Waals surface area contributed by atoms with Crippen LogP contribution in [0.25, 0.3) is 0 Å². The van der Waals surface area contributed by atoms with Gasteiger partial charge in [-0.15, -0.1) is 0 Å². The van der Waals surface area contributed by atoms with Crippen molar-refractivity contribution in [2.75, 3.05) is 33.4 Å². The summed E-state index contributed by atoms with van der Waals surface area (Å²) in [6.07, 6.45) is 1.20. The summed E-state index contributed by atoms with van der Waals surface area (Å²) < 4.78 is 31.4. The second kappa shape index (κ2) is 8.41. The van der Waals surface area contributed by atoms with E-state index >= 15 is 0 Å². The van der Waals surface area contributed by atoms with Crippen molar-refractivity contribution in [2.45, 2.75) is 17.7 Å². The largest absolute Gasteiger partial charge is 0.481 e. The minimum atomic E-state index is -3.65. The van der Waals surface area contributed by atoms with Crippen molar-refractivity contribution in [2.24, 2.45) is 5.92 Å². The van der Waals surface area contributed by atoms with E-state index in [2.05, 4.69) is 4.72 Å². The summed E-state index contributed by atoms with van der Waals surface area (Å²) in [5.41, 5.74) is 0.335. The first-order chi connectivity index (χ1) is 11.8. The fourth-order valence-electron chi connectivity index (χ4n) is 2.68. The molecule has 2 N–H and O–H groups in total. The number of carboxylic acids is 1. The predicted octanol–water partition coefficient (Wildman–Crippen LogP) is 0.548. The van der Waals surface area contributed by atoms with Crippen LogP contribution in [0.2, 0.25) is 0 Å². The van der Waals surface area contributed by atoms with Crippen LogP contribution in [-0.2, 0) is 19.6 Å². The molecule has 0 spiro atoms. The van der Waals surface area contributed by atoms with Crippen molar-refractivity contribution in [3.05, 3.63) is 29.8 Å². The predicted molar refractivity (Wildman–Crippen MR) is 89.8 cm³/mol. The first-order valence-electron chi connectivity index (χ1n) is 7.96. The Morgan fingerprint density at radius 1 is 1.32 bits per heavy atom. The minimum absolute atomic E-state index is 0.0576. The van der Waals surface area contributed by atoms with E-state index in [1.807, 2.05) is 0 Å². The molecule has 1 aromatic rings. The number of hydrogen-bond donors (Lipinski definition) is 2. The number of nitrogens with one attached hydrogen (secondary N) is 1. The summed E-state index contributed by atoms with van der Waals surface area (Å²) in [4.78, 5) is 25.2. The van der Waals surface area contributed by atoms with Gasteiger partial charge in [0.25, 0.3) is 5.91 Å². The quantitative estimate of drug-likeness (QED) is 0.678. The fraction of sp³-hybridized carbons (Fsp3) is 0.500. The minimum Gasteiger partial charge on any atom is -0.481 e. The number of aliphatic carboxylic acids is 1. The molecule has 2 rings (SSSR count). The third-order valence-corrected chi connectivity index (χ3v) is 5.54. The molecule has 1 saturated heterocycles. The number of hydrogen-bond acceptors (Lipinski definition) is 5. The number of carbonyl (C=O) groups excluding carboxylic acids is 1. The van der Waals surface area contributed by atoms with Crippen LogP contribution in [-0.4, -0.2) is 63.7 Å². The molecule has 1 amide bonds. The summed E-state index contributed by atoms with van der Waals surface area (Å²) in [6, 6.07) is 5.61. The zero-order valence-electron chi connectivity index (χ0n) is 14.0. The number of carboxylic acid groups (broad SMARTS) is 1. The molecule has 0 saturated carbocycles. The highest BCUT2D eigenvalue weighted by atomic mass is 32.2. The van der Waals surface area contributed by atoms with E-state index in [9.17, 15) is 18.0 Å². The summed E-state index contributed by atoms with van der Waals surface area (Å²) in [7, 11) is -2.18. The standard InChI is InChI=1S/C16H22N2O6S/c1-24-10-8-17-25(22,23)14-6-4-12(5-7-14)15(19)18-9-2-3-13(11-18)16(20)21/h4-7,13,17H,2-3,8-11H2,1H3,(H,20,21). The molecule has 0 radical (unpaired) electrons. The Labute approximate surface area is 146 Å². The second-order valence-electron chi connectivity index (χ2n) is 5.84. The molecule has 25 heavy (non-hydrogen) atoms. The molecule has 1 heterocycles. The van der Waals surface area contributed by atoms with Gasteiger partial charge in [-0.25, -0.2) is 13.1 Å². The van der Waals surface area contributed by atoms with Crippen LogP contribution in [0.15, 0.2) is 29.2 Å². The zero-order valence-corrected chi connectivity index (χ0v) is 14.8. The maximum atomic E-state index is 12.5. The van der Waals surface area contributed by atoms with Crippen molar-refractivity contribution < 1.29 is 27.9 Å². The Kier molecular flexibility index (Phi) is 6.51. The molecular formula is C16H22N2O6S. The maximum absolute atomic E-state index is 12.5. The molecule has 1 fully saturated rings. The first-order valence-corrected chi connectivity index (χ1v) is 9.44. The van der Waals surface area contributed by atoms with E-state index in [4.69, 9.17) is 9.84 Å². The molecule has 0 bridgehead atoms. The smallest absolute Gasteiger partial charge is 0.308 e. The highest BCUT2D eigenvalue weighted by Gasteiger charge is 2.28. The van der Waals surface area contributed by atoms with E-state index in [-0.39, 0.29) is 30.5 Å². The maximum Gasteiger partial charge on any atom is 0.308 e. The summed E-state index contributed by atoms with van der Waals surface area (Å²) in [6.45, 7) is 1.09. The third kappa shape index (κ3) is 5.00. The molecule has 138 valence electrons. The molecule has 1 aliphatic rings. The first kappa shape index (κ1) is 19.4. The number of likely N-dealkylation sites (tertiary alicyclic amines) is 1.